The summed E-state index contributed by atoms with van der Waals surface area (Å²) < 4.78 is 0. The molecule has 1 aliphatic heterocycles. The summed E-state index contributed by atoms with van der Waals surface area (Å²) in [6.45, 7) is 6.95. The highest BCUT2D eigenvalue weighted by Gasteiger charge is 2.29. The molecule has 1 fully saturated rings. The Kier molecular flexibility index (Phi) is 4.74. The van der Waals surface area contributed by atoms with Crippen LogP contribution in [-0.4, -0.2) is 61.0 Å². The van der Waals surface area contributed by atoms with Crippen LogP contribution in [0.3, 0.4) is 0 Å². The summed E-state index contributed by atoms with van der Waals surface area (Å²) in [6, 6.07) is -1.16. The maximum Gasteiger partial charge on any atom is 0.312 e. The number of carbonyl (C=O) groups excluding carboxylic acids is 2. The van der Waals surface area contributed by atoms with Gasteiger partial charge in [-0.25, -0.2) is 4.79 Å². The fourth-order valence-electron chi connectivity index (χ4n) is 1.89. The van der Waals surface area contributed by atoms with Crippen LogP contribution in [0.1, 0.15) is 13.8 Å². The van der Waals surface area contributed by atoms with Crippen molar-refractivity contribution in [3.63, 3.8) is 0 Å². The van der Waals surface area contributed by atoms with Gasteiger partial charge in [0.25, 0.3) is 0 Å². The van der Waals surface area contributed by atoms with Crippen molar-refractivity contribution in [3.05, 3.63) is 0 Å². The number of carbonyl (C=O) groups is 2. The van der Waals surface area contributed by atoms with Crippen LogP contribution < -0.4 is 11.1 Å². The Bertz CT molecular complexity index is 285. The smallest absolute Gasteiger partial charge is 0.312 e. The molecule has 1 rings (SSSR count). The van der Waals surface area contributed by atoms with Gasteiger partial charge in [-0.1, -0.05) is 13.8 Å². The second-order valence-electron chi connectivity index (χ2n) is 4.86. The number of urea groups is 1. The molecule has 0 aromatic rings. The van der Waals surface area contributed by atoms with Crippen molar-refractivity contribution >= 4 is 11.9 Å². The number of hydrogen-bond donors (Lipinski definition) is 2. The summed E-state index contributed by atoms with van der Waals surface area (Å²) in [7, 11) is 2.03. The molecule has 1 aliphatic rings. The van der Waals surface area contributed by atoms with E-state index < -0.39 is 12.1 Å². The molecule has 1 saturated heterocycles. The second-order valence-corrected chi connectivity index (χ2v) is 4.86. The number of nitrogens with two attached hydrogens (primary N) is 1. The number of nitrogens with one attached hydrogen (secondary N) is 1. The normalized spacial score (nSPS) is 19.2. The van der Waals surface area contributed by atoms with Crippen molar-refractivity contribution in [3.8, 4) is 0 Å². The quantitative estimate of drug-likeness (QED) is 0.697. The summed E-state index contributed by atoms with van der Waals surface area (Å²) in [4.78, 5) is 27.1. The number of primary amides is 1. The lowest BCUT2D eigenvalue weighted by molar-refractivity contribution is -0.135. The number of nitrogens with zero attached hydrogens (tertiary/aromatic N) is 2. The minimum absolute atomic E-state index is 0.0353. The summed E-state index contributed by atoms with van der Waals surface area (Å²) in [5.41, 5.74) is 5.09. The number of piperazine rings is 1. The predicted octanol–water partition coefficient (Wildman–Crippen LogP) is -0.547. The van der Waals surface area contributed by atoms with E-state index in [1.807, 2.05) is 20.9 Å². The third-order valence-corrected chi connectivity index (χ3v) is 3.05. The van der Waals surface area contributed by atoms with Gasteiger partial charge in [-0.3, -0.25) is 4.79 Å². The van der Waals surface area contributed by atoms with Crippen molar-refractivity contribution in [2.45, 2.75) is 19.9 Å². The molecule has 0 aliphatic carbocycles. The van der Waals surface area contributed by atoms with Crippen LogP contribution in [0, 0.1) is 5.92 Å². The zero-order valence-corrected chi connectivity index (χ0v) is 10.8. The number of rotatable bonds is 3. The van der Waals surface area contributed by atoms with Crippen molar-refractivity contribution in [2.24, 2.45) is 11.7 Å². The van der Waals surface area contributed by atoms with Crippen molar-refractivity contribution in [2.75, 3.05) is 33.2 Å². The highest BCUT2D eigenvalue weighted by atomic mass is 16.2. The van der Waals surface area contributed by atoms with Gasteiger partial charge in [-0.05, 0) is 13.0 Å². The monoisotopic (exact) mass is 242 g/mol. The molecule has 1 atom stereocenters. The molecule has 17 heavy (non-hydrogen) atoms. The average Bonchev–Trinajstić information content (AvgIpc) is 2.25. The Balaban J connectivity index is 2.61. The Morgan fingerprint density at radius 3 is 2.12 bits per heavy atom. The number of likely N-dealkylation sites (N-methyl/N-ethyl adjacent to an activating group) is 1. The third kappa shape index (κ3) is 3.89. The van der Waals surface area contributed by atoms with E-state index in [0.717, 1.165) is 13.1 Å². The fourth-order valence-corrected chi connectivity index (χ4v) is 1.89. The standard InChI is InChI=1S/C11H22N4O2/c1-8(2)9(13-11(12)17)10(16)15-6-4-14(3)5-7-15/h8-9H,4-7H2,1-3H3,(H3,12,13,17). The minimum atomic E-state index is -0.647. The molecule has 98 valence electrons. The lowest BCUT2D eigenvalue weighted by atomic mass is 10.0. The highest BCUT2D eigenvalue weighted by molar-refractivity contribution is 5.86. The molecule has 0 aromatic carbocycles. The van der Waals surface area contributed by atoms with E-state index in [0.29, 0.717) is 13.1 Å². The van der Waals surface area contributed by atoms with E-state index in [-0.39, 0.29) is 11.8 Å². The van der Waals surface area contributed by atoms with Crippen LogP contribution in [0.15, 0.2) is 0 Å². The van der Waals surface area contributed by atoms with Crippen LogP contribution in [0.2, 0.25) is 0 Å². The Labute approximate surface area is 102 Å². The number of hydrogen-bond acceptors (Lipinski definition) is 3. The van der Waals surface area contributed by atoms with Gasteiger partial charge in [0.05, 0.1) is 0 Å². The SMILES string of the molecule is CC(C)C(NC(N)=O)C(=O)N1CCN(C)CC1. The van der Waals surface area contributed by atoms with Crippen LogP contribution in [0.5, 0.6) is 0 Å². The Morgan fingerprint density at radius 2 is 1.71 bits per heavy atom. The molecule has 3 amide bonds. The van der Waals surface area contributed by atoms with E-state index in [2.05, 4.69) is 10.2 Å². The second kappa shape index (κ2) is 5.86. The molecule has 0 saturated carbocycles. The first-order valence-corrected chi connectivity index (χ1v) is 5.95. The summed E-state index contributed by atoms with van der Waals surface area (Å²) in [5, 5.41) is 2.52. The van der Waals surface area contributed by atoms with Gasteiger partial charge in [0.1, 0.15) is 6.04 Å². The molecule has 0 bridgehead atoms. The minimum Gasteiger partial charge on any atom is -0.352 e. The van der Waals surface area contributed by atoms with Gasteiger partial charge in [0, 0.05) is 26.2 Å². The Morgan fingerprint density at radius 1 is 1.18 bits per heavy atom. The van der Waals surface area contributed by atoms with Gasteiger partial charge >= 0.3 is 6.03 Å². The van der Waals surface area contributed by atoms with E-state index in [1.54, 1.807) is 4.90 Å². The van der Waals surface area contributed by atoms with Gasteiger partial charge in [-0.2, -0.15) is 0 Å². The molecule has 0 spiro atoms. The van der Waals surface area contributed by atoms with Gasteiger partial charge in [-0.15, -0.1) is 0 Å². The van der Waals surface area contributed by atoms with Gasteiger partial charge in [0.2, 0.25) is 5.91 Å². The maximum absolute atomic E-state index is 12.2. The molecular formula is C11H22N4O2. The van der Waals surface area contributed by atoms with Crippen LogP contribution >= 0.6 is 0 Å². The molecule has 0 radical (unpaired) electrons. The summed E-state index contributed by atoms with van der Waals surface area (Å²) in [5.74, 6) is 0.00144. The third-order valence-electron chi connectivity index (χ3n) is 3.05. The van der Waals surface area contributed by atoms with Crippen LogP contribution in [0.25, 0.3) is 0 Å². The van der Waals surface area contributed by atoms with Gasteiger partial charge in [0.15, 0.2) is 0 Å². The van der Waals surface area contributed by atoms with Crippen LogP contribution in [-0.2, 0) is 4.79 Å². The van der Waals surface area contributed by atoms with Gasteiger partial charge < -0.3 is 20.9 Å². The molecule has 0 aromatic heterocycles. The largest absolute Gasteiger partial charge is 0.352 e. The average molecular weight is 242 g/mol. The fraction of sp³-hybridized carbons (Fsp3) is 0.818. The predicted molar refractivity (Wildman–Crippen MR) is 65.4 cm³/mol. The molecule has 6 heteroatoms. The first kappa shape index (κ1) is 13.8. The van der Waals surface area contributed by atoms with E-state index in [4.69, 9.17) is 5.73 Å². The number of amides is 3. The molecule has 1 unspecified atom stereocenters. The lowest BCUT2D eigenvalue weighted by Gasteiger charge is -2.35. The highest BCUT2D eigenvalue weighted by Crippen LogP contribution is 2.08. The summed E-state index contributed by atoms with van der Waals surface area (Å²) >= 11 is 0. The van der Waals surface area contributed by atoms with E-state index in [1.165, 1.54) is 0 Å². The molecule has 6 nitrogen and oxygen atoms in total. The molecule has 3 N–H and O–H groups in total. The zero-order valence-electron chi connectivity index (χ0n) is 10.8. The van der Waals surface area contributed by atoms with Crippen molar-refractivity contribution in [1.29, 1.82) is 0 Å². The van der Waals surface area contributed by atoms with Crippen molar-refractivity contribution < 1.29 is 9.59 Å². The van der Waals surface area contributed by atoms with E-state index in [9.17, 15) is 9.59 Å². The molecule has 1 heterocycles. The first-order chi connectivity index (χ1) is 7.91. The topological polar surface area (TPSA) is 78.7 Å². The van der Waals surface area contributed by atoms with Crippen molar-refractivity contribution in [1.82, 2.24) is 15.1 Å². The summed E-state index contributed by atoms with van der Waals surface area (Å²) in [6.07, 6.45) is 0. The lowest BCUT2D eigenvalue weighted by Crippen LogP contribution is -2.56. The maximum atomic E-state index is 12.2. The first-order valence-electron chi connectivity index (χ1n) is 5.95. The molecular weight excluding hydrogens is 220 g/mol. The van der Waals surface area contributed by atoms with E-state index >= 15 is 0 Å². The Hall–Kier alpha value is -1.30. The zero-order chi connectivity index (χ0) is 13.0. The van der Waals surface area contributed by atoms with Crippen LogP contribution in [0.4, 0.5) is 4.79 Å².